The van der Waals surface area contributed by atoms with Crippen molar-refractivity contribution in [3.63, 3.8) is 0 Å². The fourth-order valence-electron chi connectivity index (χ4n) is 1.13. The predicted octanol–water partition coefficient (Wildman–Crippen LogP) is 1.73. The zero-order chi connectivity index (χ0) is 10.6. The van der Waals surface area contributed by atoms with E-state index in [0.29, 0.717) is 6.42 Å². The molecule has 1 aromatic heterocycles. The first kappa shape index (κ1) is 11.3. The quantitative estimate of drug-likeness (QED) is 0.745. The molecule has 1 rings (SSSR count). The number of carbonyl (C=O) groups excluding carboxylic acids is 1. The van der Waals surface area contributed by atoms with Crippen LogP contribution in [0.25, 0.3) is 0 Å². The van der Waals surface area contributed by atoms with Gasteiger partial charge in [-0.15, -0.1) is 11.3 Å². The summed E-state index contributed by atoms with van der Waals surface area (Å²) in [5, 5.41) is 1.07. The van der Waals surface area contributed by atoms with Crippen LogP contribution in [0.3, 0.4) is 0 Å². The van der Waals surface area contributed by atoms with Gasteiger partial charge in [-0.3, -0.25) is 0 Å². The Labute approximate surface area is 88.8 Å². The van der Waals surface area contributed by atoms with Crippen LogP contribution < -0.4 is 0 Å². The molecular formula is C10H16N2OS. The molecule has 4 heteroatoms. The van der Waals surface area contributed by atoms with Gasteiger partial charge in [-0.25, -0.2) is 4.98 Å². The molecule has 0 saturated carbocycles. The molecule has 0 fully saturated rings. The Bertz CT molecular complexity index is 307. The molecule has 1 aromatic rings. The van der Waals surface area contributed by atoms with Crippen molar-refractivity contribution in [3.05, 3.63) is 16.1 Å². The molecule has 0 aliphatic rings. The maximum Gasteiger partial charge on any atom is 0.130 e. The lowest BCUT2D eigenvalue weighted by atomic mass is 10.2. The van der Waals surface area contributed by atoms with Crippen molar-refractivity contribution < 1.29 is 4.79 Å². The summed E-state index contributed by atoms with van der Waals surface area (Å²) in [6.07, 6.45) is 3.29. The highest BCUT2D eigenvalue weighted by molar-refractivity contribution is 7.11. The summed E-state index contributed by atoms with van der Waals surface area (Å²) < 4.78 is 0. The standard InChI is InChI=1S/C10H16N2OS/c1-8(13)4-5-10-11-6-9(14-10)7-12(2)3/h6H,4-5,7H2,1-3H3. The highest BCUT2D eigenvalue weighted by Crippen LogP contribution is 2.15. The van der Waals surface area contributed by atoms with E-state index in [2.05, 4.69) is 9.88 Å². The fourth-order valence-corrected chi connectivity index (χ4v) is 2.17. The minimum absolute atomic E-state index is 0.231. The molecule has 3 nitrogen and oxygen atoms in total. The average molecular weight is 212 g/mol. The average Bonchev–Trinajstić information content (AvgIpc) is 2.47. The Morgan fingerprint density at radius 3 is 2.86 bits per heavy atom. The minimum Gasteiger partial charge on any atom is -0.304 e. The van der Waals surface area contributed by atoms with Crippen LogP contribution in [0.2, 0.25) is 0 Å². The molecule has 0 aromatic carbocycles. The number of rotatable bonds is 5. The van der Waals surface area contributed by atoms with Crippen LogP contribution in [0.15, 0.2) is 6.20 Å². The van der Waals surface area contributed by atoms with Crippen molar-refractivity contribution in [2.75, 3.05) is 14.1 Å². The Balaban J connectivity index is 2.46. The predicted molar refractivity (Wildman–Crippen MR) is 58.5 cm³/mol. The van der Waals surface area contributed by atoms with Gasteiger partial charge in [0.15, 0.2) is 0 Å². The van der Waals surface area contributed by atoms with Gasteiger partial charge in [0.25, 0.3) is 0 Å². The van der Waals surface area contributed by atoms with Crippen molar-refractivity contribution in [2.45, 2.75) is 26.3 Å². The smallest absolute Gasteiger partial charge is 0.130 e. The Morgan fingerprint density at radius 2 is 2.29 bits per heavy atom. The number of hydrogen-bond donors (Lipinski definition) is 0. The molecule has 0 bridgehead atoms. The summed E-state index contributed by atoms with van der Waals surface area (Å²) in [7, 11) is 4.07. The number of aromatic nitrogens is 1. The third kappa shape index (κ3) is 3.98. The highest BCUT2D eigenvalue weighted by Gasteiger charge is 2.03. The molecular weight excluding hydrogens is 196 g/mol. The molecule has 0 unspecified atom stereocenters. The summed E-state index contributed by atoms with van der Waals surface area (Å²) in [4.78, 5) is 18.4. The fraction of sp³-hybridized carbons (Fsp3) is 0.600. The summed E-state index contributed by atoms with van der Waals surface area (Å²) in [5.74, 6) is 0.231. The van der Waals surface area contributed by atoms with Gasteiger partial charge in [-0.1, -0.05) is 0 Å². The molecule has 0 radical (unpaired) electrons. The Hall–Kier alpha value is -0.740. The van der Waals surface area contributed by atoms with Crippen LogP contribution in [0.1, 0.15) is 23.2 Å². The van der Waals surface area contributed by atoms with Crippen LogP contribution in [0.4, 0.5) is 0 Å². The van der Waals surface area contributed by atoms with Gasteiger partial charge in [-0.05, 0) is 21.0 Å². The van der Waals surface area contributed by atoms with Crippen molar-refractivity contribution in [2.24, 2.45) is 0 Å². The lowest BCUT2D eigenvalue weighted by Gasteiger charge is -2.05. The zero-order valence-corrected chi connectivity index (χ0v) is 9.73. The number of nitrogens with zero attached hydrogens (tertiary/aromatic N) is 2. The molecule has 1 heterocycles. The number of Topliss-reactive ketones (excluding diaryl/α,β-unsaturated/α-hetero) is 1. The maximum absolute atomic E-state index is 10.8. The van der Waals surface area contributed by atoms with Crippen LogP contribution in [0, 0.1) is 0 Å². The molecule has 0 aliphatic carbocycles. The molecule has 0 amide bonds. The van der Waals surface area contributed by atoms with Crippen molar-refractivity contribution >= 4 is 17.1 Å². The van der Waals surface area contributed by atoms with Gasteiger partial charge >= 0.3 is 0 Å². The normalized spacial score (nSPS) is 10.9. The van der Waals surface area contributed by atoms with Crippen LogP contribution in [-0.2, 0) is 17.8 Å². The third-order valence-electron chi connectivity index (χ3n) is 1.76. The van der Waals surface area contributed by atoms with E-state index in [-0.39, 0.29) is 5.78 Å². The maximum atomic E-state index is 10.8. The van der Waals surface area contributed by atoms with Crippen molar-refractivity contribution in [1.29, 1.82) is 0 Å². The topological polar surface area (TPSA) is 33.2 Å². The molecule has 78 valence electrons. The first-order valence-corrected chi connectivity index (χ1v) is 5.47. The second-order valence-corrected chi connectivity index (χ2v) is 4.86. The molecule has 0 saturated heterocycles. The van der Waals surface area contributed by atoms with E-state index < -0.39 is 0 Å². The number of ketones is 1. The number of aryl methyl sites for hydroxylation is 1. The van der Waals surface area contributed by atoms with Gasteiger partial charge in [-0.2, -0.15) is 0 Å². The summed E-state index contributed by atoms with van der Waals surface area (Å²) in [6.45, 7) is 2.55. The summed E-state index contributed by atoms with van der Waals surface area (Å²) in [6, 6.07) is 0. The highest BCUT2D eigenvalue weighted by atomic mass is 32.1. The first-order chi connectivity index (χ1) is 6.58. The van der Waals surface area contributed by atoms with Gasteiger partial charge in [0, 0.05) is 30.5 Å². The first-order valence-electron chi connectivity index (χ1n) is 4.65. The second kappa shape index (κ2) is 5.22. The van der Waals surface area contributed by atoms with E-state index in [9.17, 15) is 4.79 Å². The number of carbonyl (C=O) groups is 1. The van der Waals surface area contributed by atoms with Crippen molar-refractivity contribution in [1.82, 2.24) is 9.88 Å². The zero-order valence-electron chi connectivity index (χ0n) is 8.91. The molecule has 0 spiro atoms. The molecule has 0 aliphatic heterocycles. The second-order valence-electron chi connectivity index (χ2n) is 3.66. The molecule has 0 atom stereocenters. The van der Waals surface area contributed by atoms with E-state index in [0.717, 1.165) is 18.0 Å². The largest absolute Gasteiger partial charge is 0.304 e. The SMILES string of the molecule is CC(=O)CCc1ncc(CN(C)C)s1. The van der Waals surface area contributed by atoms with Crippen LogP contribution >= 0.6 is 11.3 Å². The van der Waals surface area contributed by atoms with E-state index in [1.165, 1.54) is 4.88 Å². The lowest BCUT2D eigenvalue weighted by molar-refractivity contribution is -0.116. The van der Waals surface area contributed by atoms with E-state index in [1.807, 2.05) is 20.3 Å². The van der Waals surface area contributed by atoms with Crippen LogP contribution in [-0.4, -0.2) is 29.8 Å². The summed E-state index contributed by atoms with van der Waals surface area (Å²) in [5.41, 5.74) is 0. The lowest BCUT2D eigenvalue weighted by Crippen LogP contribution is -2.09. The van der Waals surface area contributed by atoms with E-state index >= 15 is 0 Å². The number of thiazole rings is 1. The monoisotopic (exact) mass is 212 g/mol. The molecule has 0 N–H and O–H groups in total. The van der Waals surface area contributed by atoms with Gasteiger partial charge in [0.1, 0.15) is 5.78 Å². The Morgan fingerprint density at radius 1 is 1.57 bits per heavy atom. The van der Waals surface area contributed by atoms with E-state index in [1.54, 1.807) is 18.3 Å². The van der Waals surface area contributed by atoms with Gasteiger partial charge in [0.2, 0.25) is 0 Å². The summed E-state index contributed by atoms with van der Waals surface area (Å²) >= 11 is 1.70. The van der Waals surface area contributed by atoms with Crippen molar-refractivity contribution in [3.8, 4) is 0 Å². The Kier molecular flexibility index (Phi) is 4.22. The van der Waals surface area contributed by atoms with Gasteiger partial charge < -0.3 is 9.69 Å². The van der Waals surface area contributed by atoms with Crippen LogP contribution in [0.5, 0.6) is 0 Å². The van der Waals surface area contributed by atoms with Gasteiger partial charge in [0.05, 0.1) is 5.01 Å². The minimum atomic E-state index is 0.231. The third-order valence-corrected chi connectivity index (χ3v) is 2.81. The number of hydrogen-bond acceptors (Lipinski definition) is 4. The molecule has 14 heavy (non-hydrogen) atoms. The van der Waals surface area contributed by atoms with E-state index in [4.69, 9.17) is 0 Å².